The van der Waals surface area contributed by atoms with Gasteiger partial charge < -0.3 is 4.57 Å². The van der Waals surface area contributed by atoms with Crippen LogP contribution in [0.15, 0.2) is 24.8 Å². The predicted octanol–water partition coefficient (Wildman–Crippen LogP) is 2.16. The van der Waals surface area contributed by atoms with E-state index in [1.807, 2.05) is 6.20 Å². The molecule has 3 rings (SSSR count). The Morgan fingerprint density at radius 3 is 3.08 bits per heavy atom. The van der Waals surface area contributed by atoms with Gasteiger partial charge in [-0.25, -0.2) is 9.97 Å². The van der Waals surface area contributed by atoms with E-state index in [0.29, 0.717) is 6.04 Å². The Kier molecular flexibility index (Phi) is 1.39. The first-order chi connectivity index (χ1) is 6.45. The summed E-state index contributed by atoms with van der Waals surface area (Å²) >= 11 is 0. The molecule has 1 saturated carbocycles. The third-order valence-corrected chi connectivity index (χ3v) is 2.85. The maximum atomic E-state index is 4.30. The fraction of sp³-hybridized carbons (Fsp3) is 0.400. The monoisotopic (exact) mass is 173 g/mol. The van der Waals surface area contributed by atoms with E-state index in [2.05, 4.69) is 26.8 Å². The van der Waals surface area contributed by atoms with Gasteiger partial charge in [0.1, 0.15) is 12.0 Å². The fourth-order valence-electron chi connectivity index (χ4n) is 1.86. The molecule has 0 unspecified atom stereocenters. The molecule has 3 nitrogen and oxygen atoms in total. The maximum Gasteiger partial charge on any atom is 0.143 e. The topological polar surface area (TPSA) is 30.7 Å². The summed E-state index contributed by atoms with van der Waals surface area (Å²) in [5.41, 5.74) is 1.08. The number of nitrogens with zero attached hydrogens (tertiary/aromatic N) is 3. The maximum absolute atomic E-state index is 4.30. The van der Waals surface area contributed by atoms with E-state index in [9.17, 15) is 0 Å². The van der Waals surface area contributed by atoms with Gasteiger partial charge in [-0.1, -0.05) is 0 Å². The van der Waals surface area contributed by atoms with Gasteiger partial charge in [0, 0.05) is 23.8 Å². The molecule has 13 heavy (non-hydrogen) atoms. The summed E-state index contributed by atoms with van der Waals surface area (Å²) in [6, 6.07) is 2.78. The van der Waals surface area contributed by atoms with Gasteiger partial charge in [-0.15, -0.1) is 0 Å². The Morgan fingerprint density at radius 1 is 1.38 bits per heavy atom. The van der Waals surface area contributed by atoms with Gasteiger partial charge in [0.25, 0.3) is 0 Å². The number of aromatic nitrogens is 3. The van der Waals surface area contributed by atoms with Crippen molar-refractivity contribution in [1.82, 2.24) is 14.5 Å². The molecule has 0 bridgehead atoms. The quantitative estimate of drug-likeness (QED) is 0.661. The summed E-state index contributed by atoms with van der Waals surface area (Å²) in [6.07, 6.45) is 9.58. The van der Waals surface area contributed by atoms with E-state index >= 15 is 0 Å². The van der Waals surface area contributed by atoms with Crippen LogP contribution < -0.4 is 0 Å². The highest BCUT2D eigenvalue weighted by molar-refractivity contribution is 5.74. The first kappa shape index (κ1) is 7.06. The Bertz CT molecular complexity index is 428. The van der Waals surface area contributed by atoms with Crippen molar-refractivity contribution in [3.8, 4) is 0 Å². The van der Waals surface area contributed by atoms with Gasteiger partial charge >= 0.3 is 0 Å². The van der Waals surface area contributed by atoms with Crippen LogP contribution in [0.5, 0.6) is 0 Å². The zero-order valence-electron chi connectivity index (χ0n) is 7.35. The lowest BCUT2D eigenvalue weighted by atomic mass is 9.93. The molecule has 1 fully saturated rings. The molecule has 0 saturated heterocycles. The second kappa shape index (κ2) is 2.55. The van der Waals surface area contributed by atoms with Crippen LogP contribution in [0.2, 0.25) is 0 Å². The highest BCUT2D eigenvalue weighted by atomic mass is 15.1. The summed E-state index contributed by atoms with van der Waals surface area (Å²) in [5, 5.41) is 1.15. The minimum atomic E-state index is 0.687. The standard InChI is InChI=1S/C10H11N3/c1-2-9(3-1)13-5-4-8-6-11-7-12-10(8)13/h4-7,9H,1-3H2. The third-order valence-electron chi connectivity index (χ3n) is 2.85. The molecule has 3 heteroatoms. The van der Waals surface area contributed by atoms with Crippen LogP contribution in [0.3, 0.4) is 0 Å². The van der Waals surface area contributed by atoms with Gasteiger partial charge in [0.15, 0.2) is 0 Å². The van der Waals surface area contributed by atoms with E-state index in [-0.39, 0.29) is 0 Å². The Labute approximate surface area is 76.4 Å². The highest BCUT2D eigenvalue weighted by Crippen LogP contribution is 2.33. The molecule has 0 N–H and O–H groups in total. The third kappa shape index (κ3) is 0.963. The van der Waals surface area contributed by atoms with Crippen LogP contribution in [0, 0.1) is 0 Å². The summed E-state index contributed by atoms with van der Waals surface area (Å²) in [6.45, 7) is 0. The van der Waals surface area contributed by atoms with Crippen molar-refractivity contribution in [3.05, 3.63) is 24.8 Å². The average Bonchev–Trinajstić information content (AvgIpc) is 2.47. The van der Waals surface area contributed by atoms with Gasteiger partial charge in [-0.3, -0.25) is 0 Å². The molecule has 0 radical (unpaired) electrons. The largest absolute Gasteiger partial charge is 0.329 e. The SMILES string of the molecule is c1ncc2ccn(C3CCC3)c2n1. The zero-order chi connectivity index (χ0) is 8.67. The van der Waals surface area contributed by atoms with Crippen molar-refractivity contribution in [2.24, 2.45) is 0 Å². The molecule has 0 spiro atoms. The molecule has 0 amide bonds. The first-order valence-electron chi connectivity index (χ1n) is 4.72. The summed E-state index contributed by atoms with van der Waals surface area (Å²) in [7, 11) is 0. The van der Waals surface area contributed by atoms with E-state index in [4.69, 9.17) is 0 Å². The van der Waals surface area contributed by atoms with Crippen LogP contribution in [0.1, 0.15) is 25.3 Å². The van der Waals surface area contributed by atoms with Crippen molar-refractivity contribution < 1.29 is 0 Å². The minimum absolute atomic E-state index is 0.687. The smallest absolute Gasteiger partial charge is 0.143 e. The molecule has 2 aromatic heterocycles. The number of hydrogen-bond acceptors (Lipinski definition) is 2. The molecule has 1 aliphatic rings. The van der Waals surface area contributed by atoms with Crippen LogP contribution >= 0.6 is 0 Å². The Hall–Kier alpha value is -1.38. The van der Waals surface area contributed by atoms with Gasteiger partial charge in [0.05, 0.1) is 0 Å². The Morgan fingerprint density at radius 2 is 2.31 bits per heavy atom. The normalized spacial score (nSPS) is 17.5. The van der Waals surface area contributed by atoms with Gasteiger partial charge in [-0.2, -0.15) is 0 Å². The van der Waals surface area contributed by atoms with Crippen molar-refractivity contribution in [2.75, 3.05) is 0 Å². The van der Waals surface area contributed by atoms with E-state index < -0.39 is 0 Å². The predicted molar refractivity (Wildman–Crippen MR) is 50.4 cm³/mol. The van der Waals surface area contributed by atoms with Crippen molar-refractivity contribution in [2.45, 2.75) is 25.3 Å². The van der Waals surface area contributed by atoms with Crippen molar-refractivity contribution in [1.29, 1.82) is 0 Å². The van der Waals surface area contributed by atoms with Gasteiger partial charge in [0.2, 0.25) is 0 Å². The lowest BCUT2D eigenvalue weighted by Crippen LogP contribution is -2.16. The van der Waals surface area contributed by atoms with E-state index in [1.165, 1.54) is 19.3 Å². The minimum Gasteiger partial charge on any atom is -0.329 e. The van der Waals surface area contributed by atoms with Crippen molar-refractivity contribution >= 4 is 11.0 Å². The average molecular weight is 173 g/mol. The summed E-state index contributed by atoms with van der Waals surface area (Å²) < 4.78 is 2.28. The van der Waals surface area contributed by atoms with Crippen LogP contribution in [-0.4, -0.2) is 14.5 Å². The molecule has 0 aliphatic heterocycles. The molecule has 2 heterocycles. The number of rotatable bonds is 1. The van der Waals surface area contributed by atoms with E-state index in [1.54, 1.807) is 6.33 Å². The highest BCUT2D eigenvalue weighted by Gasteiger charge is 2.20. The molecule has 0 aromatic carbocycles. The summed E-state index contributed by atoms with van der Waals surface area (Å²) in [5.74, 6) is 0. The van der Waals surface area contributed by atoms with Crippen LogP contribution in [0.4, 0.5) is 0 Å². The number of hydrogen-bond donors (Lipinski definition) is 0. The molecule has 66 valence electrons. The van der Waals surface area contributed by atoms with Crippen LogP contribution in [-0.2, 0) is 0 Å². The lowest BCUT2D eigenvalue weighted by Gasteiger charge is -2.27. The van der Waals surface area contributed by atoms with Crippen LogP contribution in [0.25, 0.3) is 11.0 Å². The summed E-state index contributed by atoms with van der Waals surface area (Å²) in [4.78, 5) is 8.30. The molecular weight excluding hydrogens is 162 g/mol. The second-order valence-corrected chi connectivity index (χ2v) is 3.61. The molecule has 0 atom stereocenters. The fourth-order valence-corrected chi connectivity index (χ4v) is 1.86. The lowest BCUT2D eigenvalue weighted by molar-refractivity contribution is 0.320. The van der Waals surface area contributed by atoms with Crippen molar-refractivity contribution in [3.63, 3.8) is 0 Å². The molecule has 1 aliphatic carbocycles. The first-order valence-corrected chi connectivity index (χ1v) is 4.72. The Balaban J connectivity index is 2.17. The second-order valence-electron chi connectivity index (χ2n) is 3.61. The molecule has 2 aromatic rings. The van der Waals surface area contributed by atoms with Gasteiger partial charge in [-0.05, 0) is 25.3 Å². The number of fused-ring (bicyclic) bond motifs is 1. The van der Waals surface area contributed by atoms with E-state index in [0.717, 1.165) is 11.0 Å². The zero-order valence-corrected chi connectivity index (χ0v) is 7.35. The molecular formula is C10H11N3.